The number of aromatic nitrogens is 4. The van der Waals surface area contributed by atoms with Gasteiger partial charge in [-0.3, -0.25) is 19.3 Å². The van der Waals surface area contributed by atoms with Crippen molar-refractivity contribution in [3.8, 4) is 6.07 Å². The third kappa shape index (κ3) is 5.49. The molecule has 0 aliphatic carbocycles. The largest absolute Gasteiger partial charge is 0.477 e. The highest BCUT2D eigenvalue weighted by Crippen LogP contribution is 2.52. The fraction of sp³-hybridized carbons (Fsp3) is 0.704. The highest BCUT2D eigenvalue weighted by molar-refractivity contribution is 8.03. The fourth-order valence-electron chi connectivity index (χ4n) is 7.21. The Morgan fingerprint density at radius 1 is 1.28 bits per heavy atom. The molecule has 1 aromatic rings. The van der Waals surface area contributed by atoms with Crippen LogP contribution < -0.4 is 10.6 Å². The molecule has 230 valence electrons. The Balaban J connectivity index is 1.03. The van der Waals surface area contributed by atoms with Crippen LogP contribution in [0.5, 0.6) is 0 Å². The monoisotopic (exact) mass is 612 g/mol. The van der Waals surface area contributed by atoms with Gasteiger partial charge in [0.05, 0.1) is 30.0 Å². The van der Waals surface area contributed by atoms with Gasteiger partial charge in [-0.1, -0.05) is 6.92 Å². The number of carbonyl (C=O) groups excluding carboxylic acids is 3. The van der Waals surface area contributed by atoms with Gasteiger partial charge in [-0.2, -0.15) is 5.26 Å². The van der Waals surface area contributed by atoms with Crippen molar-refractivity contribution in [3.05, 3.63) is 16.9 Å². The molecule has 5 aliphatic heterocycles. The number of aliphatic carboxylic acids is 1. The van der Waals surface area contributed by atoms with E-state index in [-0.39, 0.29) is 59.1 Å². The maximum atomic E-state index is 13.3. The van der Waals surface area contributed by atoms with Crippen LogP contribution >= 0.6 is 11.8 Å². The Hall–Kier alpha value is -3.55. The Morgan fingerprint density at radius 2 is 2.02 bits per heavy atom. The van der Waals surface area contributed by atoms with Crippen LogP contribution in [0.2, 0.25) is 0 Å². The lowest BCUT2D eigenvalue weighted by Crippen LogP contribution is -2.66. The van der Waals surface area contributed by atoms with Crippen molar-refractivity contribution in [3.63, 3.8) is 0 Å². The van der Waals surface area contributed by atoms with Gasteiger partial charge in [0.1, 0.15) is 18.6 Å². The van der Waals surface area contributed by atoms with E-state index in [1.54, 1.807) is 6.92 Å². The summed E-state index contributed by atoms with van der Waals surface area (Å²) in [5.74, 6) is -2.38. The molecular formula is C27H36N10O5S. The van der Waals surface area contributed by atoms with Crippen LogP contribution in [0, 0.1) is 29.1 Å². The second kappa shape index (κ2) is 11.9. The van der Waals surface area contributed by atoms with Crippen LogP contribution in [0.3, 0.4) is 0 Å². The minimum Gasteiger partial charge on any atom is -0.477 e. The zero-order valence-electron chi connectivity index (χ0n) is 24.1. The fourth-order valence-corrected chi connectivity index (χ4v) is 8.69. The second-order valence-electron chi connectivity index (χ2n) is 12.2. The van der Waals surface area contributed by atoms with Gasteiger partial charge in [-0.15, -0.1) is 16.9 Å². The van der Waals surface area contributed by atoms with E-state index >= 15 is 0 Å². The summed E-state index contributed by atoms with van der Waals surface area (Å²) in [6.45, 7) is 7.20. The van der Waals surface area contributed by atoms with Gasteiger partial charge >= 0.3 is 5.97 Å². The highest BCUT2D eigenvalue weighted by Gasteiger charge is 2.60. The van der Waals surface area contributed by atoms with Crippen molar-refractivity contribution in [1.82, 2.24) is 45.5 Å². The average molecular weight is 613 g/mol. The maximum absolute atomic E-state index is 13.3. The molecule has 43 heavy (non-hydrogen) atoms. The molecule has 0 saturated carbocycles. The van der Waals surface area contributed by atoms with Crippen molar-refractivity contribution >= 4 is 35.5 Å². The number of carboxylic acids is 1. The number of thioether (sulfide) groups is 1. The number of likely N-dealkylation sites (tertiary alicyclic amines) is 2. The van der Waals surface area contributed by atoms with Crippen LogP contribution in [0.1, 0.15) is 33.1 Å². The van der Waals surface area contributed by atoms with Gasteiger partial charge in [-0.05, 0) is 36.6 Å². The second-order valence-corrected chi connectivity index (χ2v) is 13.5. The van der Waals surface area contributed by atoms with E-state index in [9.17, 15) is 24.3 Å². The number of carboxylic acid groups (broad SMARTS) is 1. The first-order chi connectivity index (χ1) is 20.7. The molecule has 6 atom stereocenters. The molecule has 5 aliphatic rings. The molecule has 6 rings (SSSR count). The molecule has 3 amide bonds. The molecule has 1 aromatic heterocycles. The summed E-state index contributed by atoms with van der Waals surface area (Å²) in [5.41, 5.74) is 0.0115. The number of fused-ring (bicyclic) bond motifs is 1. The van der Waals surface area contributed by atoms with E-state index < -0.39 is 17.9 Å². The van der Waals surface area contributed by atoms with Crippen molar-refractivity contribution in [1.29, 1.82) is 5.26 Å². The smallest absolute Gasteiger partial charge is 0.353 e. The lowest BCUT2D eigenvalue weighted by molar-refractivity contribution is -0.158. The third-order valence-corrected chi connectivity index (χ3v) is 11.0. The van der Waals surface area contributed by atoms with Gasteiger partial charge in [0.25, 0.3) is 0 Å². The Labute approximate surface area is 253 Å². The number of tetrazole rings is 1. The standard InChI is InChI=1S/C27H36N10O5S/c1-14-22-21(15(2)31-20(38)12-36-13-30-32-33-36)26(40)37(22)23(27(41)42)24(14)43-18-7-19(29-9-18)25(39)34-5-3-17(4-6-34)35-10-16(8-28)11-35/h13-19,21-22,29H,3-7,9-12H2,1-2H3,(H,31,38)(H,41,42)/t14-,15-,18?,19?,21-,22-/m1/s1. The molecule has 4 fully saturated rings. The number of nitrogens with one attached hydrogen (secondary N) is 2. The zero-order chi connectivity index (χ0) is 30.4. The van der Waals surface area contributed by atoms with Gasteiger partial charge in [0.15, 0.2) is 0 Å². The third-order valence-electron chi connectivity index (χ3n) is 9.48. The molecule has 3 N–H and O–H groups in total. The minimum absolute atomic E-state index is 0.0111. The highest BCUT2D eigenvalue weighted by atomic mass is 32.2. The van der Waals surface area contributed by atoms with Crippen molar-refractivity contribution < 1.29 is 24.3 Å². The van der Waals surface area contributed by atoms with Gasteiger partial charge in [-0.25, -0.2) is 9.48 Å². The van der Waals surface area contributed by atoms with Gasteiger partial charge in [0, 0.05) is 60.9 Å². The number of nitrogens with zero attached hydrogens (tertiary/aromatic N) is 8. The Morgan fingerprint density at radius 3 is 2.67 bits per heavy atom. The molecule has 16 heteroatoms. The quantitative estimate of drug-likeness (QED) is 0.285. The molecule has 0 spiro atoms. The van der Waals surface area contributed by atoms with Crippen LogP contribution in [-0.2, 0) is 25.7 Å². The van der Waals surface area contributed by atoms with Crippen molar-refractivity contribution in [2.24, 2.45) is 17.8 Å². The van der Waals surface area contributed by atoms with Crippen molar-refractivity contribution in [2.45, 2.75) is 69.1 Å². The Bertz CT molecular complexity index is 1350. The first kappa shape index (κ1) is 29.5. The SMILES string of the molecule is C[C@@H](NC(=O)Cn1cnnn1)[C@H]1C(=O)N2C(C(=O)O)=C(SC3CNC(C(=O)N4CCC(N5CC(C#N)C5)CC4)C3)[C@H](C)[C@H]12. The maximum Gasteiger partial charge on any atom is 0.353 e. The summed E-state index contributed by atoms with van der Waals surface area (Å²) < 4.78 is 1.28. The number of rotatable bonds is 9. The molecule has 2 unspecified atom stereocenters. The van der Waals surface area contributed by atoms with E-state index in [0.29, 0.717) is 37.0 Å². The molecule has 0 bridgehead atoms. The normalized spacial score (nSPS) is 30.4. The van der Waals surface area contributed by atoms with Crippen LogP contribution in [0.25, 0.3) is 0 Å². The minimum atomic E-state index is -1.15. The molecule has 6 heterocycles. The van der Waals surface area contributed by atoms with E-state index in [4.69, 9.17) is 5.26 Å². The molecule has 15 nitrogen and oxygen atoms in total. The van der Waals surface area contributed by atoms with Crippen LogP contribution in [0.15, 0.2) is 16.9 Å². The molecule has 4 saturated heterocycles. The number of amides is 3. The average Bonchev–Trinajstić information content (AvgIpc) is 3.68. The first-order valence-electron chi connectivity index (χ1n) is 14.8. The number of nitriles is 1. The van der Waals surface area contributed by atoms with Crippen molar-refractivity contribution in [2.75, 3.05) is 32.7 Å². The van der Waals surface area contributed by atoms with E-state index in [2.05, 4.69) is 37.1 Å². The molecule has 0 radical (unpaired) electrons. The first-order valence-corrected chi connectivity index (χ1v) is 15.7. The Kier molecular flexibility index (Phi) is 8.14. The van der Waals surface area contributed by atoms with Crippen LogP contribution in [-0.4, -0.2) is 126 Å². The van der Waals surface area contributed by atoms with Gasteiger partial charge in [0.2, 0.25) is 17.7 Å². The number of piperidine rings is 1. The topological polar surface area (TPSA) is 190 Å². The summed E-state index contributed by atoms with van der Waals surface area (Å²) in [7, 11) is 0. The number of hydrogen-bond donors (Lipinski definition) is 3. The molecule has 0 aromatic carbocycles. The number of carbonyl (C=O) groups is 4. The van der Waals surface area contributed by atoms with E-state index in [0.717, 1.165) is 25.9 Å². The summed E-state index contributed by atoms with van der Waals surface area (Å²) >= 11 is 1.45. The lowest BCUT2D eigenvalue weighted by Gasteiger charge is -2.47. The van der Waals surface area contributed by atoms with E-state index in [1.807, 2.05) is 11.8 Å². The number of β-lactam (4-membered cyclic amide) rings is 1. The number of hydrogen-bond acceptors (Lipinski definition) is 11. The molecular weight excluding hydrogens is 576 g/mol. The lowest BCUT2D eigenvalue weighted by atomic mass is 9.78. The summed E-state index contributed by atoms with van der Waals surface area (Å²) in [5, 5.41) is 36.0. The predicted octanol–water partition coefficient (Wildman–Crippen LogP) is -1.14. The predicted molar refractivity (Wildman–Crippen MR) is 151 cm³/mol. The summed E-state index contributed by atoms with van der Waals surface area (Å²) in [6.07, 6.45) is 3.72. The zero-order valence-corrected chi connectivity index (χ0v) is 24.9. The van der Waals surface area contributed by atoms with E-state index in [1.165, 1.54) is 27.7 Å². The van der Waals surface area contributed by atoms with Gasteiger partial charge < -0.3 is 25.5 Å². The van der Waals surface area contributed by atoms with Crippen LogP contribution in [0.4, 0.5) is 0 Å². The summed E-state index contributed by atoms with van der Waals surface area (Å²) in [4.78, 5) is 57.7. The summed E-state index contributed by atoms with van der Waals surface area (Å²) in [6, 6.07) is 1.54.